The van der Waals surface area contributed by atoms with Crippen molar-refractivity contribution in [2.45, 2.75) is 39.9 Å². The van der Waals surface area contributed by atoms with E-state index in [1.165, 1.54) is 30.3 Å². The molecule has 0 N–H and O–H groups in total. The molecule has 6 aromatic rings. The Morgan fingerprint density at radius 2 is 0.912 bits per heavy atom. The van der Waals surface area contributed by atoms with Gasteiger partial charge < -0.3 is 9.47 Å². The van der Waals surface area contributed by atoms with Gasteiger partial charge in [0.05, 0.1) is 27.9 Å². The van der Waals surface area contributed by atoms with Crippen molar-refractivity contribution in [3.63, 3.8) is 0 Å². The lowest BCUT2D eigenvalue weighted by atomic mass is 9.97. The van der Waals surface area contributed by atoms with E-state index in [0.717, 1.165) is 27.2 Å². The first kappa shape index (κ1) is 38.0. The minimum atomic E-state index is -1.33. The second-order valence-electron chi connectivity index (χ2n) is 13.9. The topological polar surface area (TPSA) is 124 Å². The van der Waals surface area contributed by atoms with E-state index in [1.54, 1.807) is 97.1 Å². The van der Waals surface area contributed by atoms with Gasteiger partial charge >= 0.3 is 11.9 Å². The molecule has 0 fully saturated rings. The Hall–Kier alpha value is -7.26. The van der Waals surface area contributed by atoms with Gasteiger partial charge in [-0.3, -0.25) is 19.2 Å². The summed E-state index contributed by atoms with van der Waals surface area (Å²) in [6.45, 7) is 7.63. The van der Waals surface area contributed by atoms with Crippen LogP contribution in [0.2, 0.25) is 0 Å². The maximum atomic E-state index is 14.0. The maximum absolute atomic E-state index is 14.0. The van der Waals surface area contributed by atoms with Crippen LogP contribution in [0.3, 0.4) is 0 Å². The van der Waals surface area contributed by atoms with E-state index in [9.17, 15) is 28.8 Å². The fourth-order valence-corrected chi connectivity index (χ4v) is 6.67. The molecule has 0 spiro atoms. The molecular weight excluding hydrogens is 719 g/mol. The zero-order chi connectivity index (χ0) is 40.4. The zero-order valence-corrected chi connectivity index (χ0v) is 31.6. The van der Waals surface area contributed by atoms with Crippen LogP contribution in [0.5, 0.6) is 0 Å². The van der Waals surface area contributed by atoms with Crippen molar-refractivity contribution in [1.82, 2.24) is 0 Å². The van der Waals surface area contributed by atoms with Gasteiger partial charge in [-0.25, -0.2) is 14.5 Å². The van der Waals surface area contributed by atoms with Crippen molar-refractivity contribution in [3.8, 4) is 0 Å². The molecule has 0 bridgehead atoms. The number of carbonyl (C=O) groups is 6. The number of esters is 2. The van der Waals surface area contributed by atoms with Crippen LogP contribution in [0.15, 0.2) is 140 Å². The molecule has 0 saturated heterocycles. The number of ether oxygens (including phenoxy) is 2. The molecular formula is C48H37NO8. The largest absolute Gasteiger partial charge is 0.445 e. The monoisotopic (exact) mass is 755 g/mol. The number of aryl methyl sites for hydroxylation is 4. The average molecular weight is 756 g/mol. The third kappa shape index (κ3) is 7.55. The van der Waals surface area contributed by atoms with Crippen LogP contribution < -0.4 is 4.90 Å². The normalized spacial score (nSPS) is 13.1. The number of para-hydroxylation sites is 1. The van der Waals surface area contributed by atoms with Crippen LogP contribution in [-0.4, -0.2) is 35.3 Å². The van der Waals surface area contributed by atoms with Gasteiger partial charge in [-0.2, -0.15) is 0 Å². The number of hydrogen-bond donors (Lipinski definition) is 0. The molecule has 1 aliphatic rings. The molecule has 57 heavy (non-hydrogen) atoms. The highest BCUT2D eigenvalue weighted by atomic mass is 16.6. The predicted molar refractivity (Wildman–Crippen MR) is 214 cm³/mol. The average Bonchev–Trinajstić information content (AvgIpc) is 3.48. The van der Waals surface area contributed by atoms with Crippen LogP contribution in [0.25, 0.3) is 0 Å². The number of hydrogen-bond acceptors (Lipinski definition) is 8. The van der Waals surface area contributed by atoms with Crippen molar-refractivity contribution in [2.24, 2.45) is 0 Å². The minimum absolute atomic E-state index is 0.00221. The van der Waals surface area contributed by atoms with Gasteiger partial charge in [-0.15, -0.1) is 0 Å². The summed E-state index contributed by atoms with van der Waals surface area (Å²) in [5, 5.41) is 0. The van der Waals surface area contributed by atoms with E-state index < -0.39 is 47.5 Å². The summed E-state index contributed by atoms with van der Waals surface area (Å²) in [4.78, 5) is 84.1. The summed E-state index contributed by atoms with van der Waals surface area (Å²) in [5.41, 5.74) is 5.08. The lowest BCUT2D eigenvalue weighted by Crippen LogP contribution is -2.31. The van der Waals surface area contributed by atoms with E-state index in [4.69, 9.17) is 9.47 Å². The van der Waals surface area contributed by atoms with Crippen molar-refractivity contribution in [2.75, 3.05) is 4.90 Å². The number of fused-ring (bicyclic) bond motifs is 1. The Balaban J connectivity index is 1.16. The lowest BCUT2D eigenvalue weighted by molar-refractivity contribution is 0.0278. The van der Waals surface area contributed by atoms with E-state index >= 15 is 0 Å². The lowest BCUT2D eigenvalue weighted by Gasteiger charge is -2.21. The van der Waals surface area contributed by atoms with Gasteiger partial charge in [0.15, 0.2) is 12.2 Å². The van der Waals surface area contributed by atoms with Crippen molar-refractivity contribution in [1.29, 1.82) is 0 Å². The molecule has 282 valence electrons. The standard InChI is InChI=1S/C48H37NO8/c1-28-19-21-34(25-30(28)3)41(50)43(32-13-7-5-8-14-32)56-47(54)36-23-24-37-39(27-36)46(53)49(45(37)52)40-18-12-11-17-38(40)48(55)57-44(33-15-9-6-10-16-33)42(51)35-22-20-29(2)31(4)26-35/h5-27,43-44H,1-4H3/t43-,44+/m1/s1. The molecule has 2 amide bonds. The highest BCUT2D eigenvalue weighted by Gasteiger charge is 2.40. The minimum Gasteiger partial charge on any atom is -0.445 e. The van der Waals surface area contributed by atoms with E-state index in [-0.39, 0.29) is 27.9 Å². The summed E-state index contributed by atoms with van der Waals surface area (Å²) in [6.07, 6.45) is -2.62. The second-order valence-corrected chi connectivity index (χ2v) is 13.9. The molecule has 2 atom stereocenters. The first-order chi connectivity index (χ1) is 27.4. The number of carbonyl (C=O) groups excluding carboxylic acids is 6. The van der Waals surface area contributed by atoms with Gasteiger partial charge in [0.2, 0.25) is 11.6 Å². The van der Waals surface area contributed by atoms with Crippen LogP contribution >= 0.6 is 0 Å². The third-order valence-corrected chi connectivity index (χ3v) is 10.2. The number of benzene rings is 6. The number of nitrogens with zero attached hydrogens (tertiary/aromatic N) is 1. The number of anilines is 1. The zero-order valence-electron chi connectivity index (χ0n) is 31.6. The molecule has 7 rings (SSSR count). The van der Waals surface area contributed by atoms with Crippen molar-refractivity contribution in [3.05, 3.63) is 206 Å². The first-order valence-corrected chi connectivity index (χ1v) is 18.3. The fourth-order valence-electron chi connectivity index (χ4n) is 6.67. The molecule has 0 radical (unpaired) electrons. The SMILES string of the molecule is Cc1ccc(C(=O)[C@@H](OC(=O)c2ccccc2N2C(=O)c3ccc(C(=O)O[C@@H](C(=O)c4ccc(C)c(C)c4)c4ccccc4)cc3C2=O)c2ccccc2)cc1C. The van der Waals surface area contributed by atoms with E-state index in [2.05, 4.69) is 0 Å². The highest BCUT2D eigenvalue weighted by molar-refractivity contribution is 6.35. The van der Waals surface area contributed by atoms with Crippen LogP contribution in [0, 0.1) is 27.7 Å². The van der Waals surface area contributed by atoms with E-state index in [1.807, 2.05) is 39.8 Å². The van der Waals surface area contributed by atoms with Crippen molar-refractivity contribution < 1.29 is 38.2 Å². The van der Waals surface area contributed by atoms with Gasteiger partial charge in [-0.1, -0.05) is 97.1 Å². The molecule has 0 unspecified atom stereocenters. The Morgan fingerprint density at radius 1 is 0.456 bits per heavy atom. The van der Waals surface area contributed by atoms with Crippen LogP contribution in [-0.2, 0) is 9.47 Å². The summed E-state index contributed by atoms with van der Waals surface area (Å²) >= 11 is 0. The molecule has 9 nitrogen and oxygen atoms in total. The summed E-state index contributed by atoms with van der Waals surface area (Å²) < 4.78 is 11.8. The molecule has 1 aliphatic heterocycles. The van der Waals surface area contributed by atoms with Crippen LogP contribution in [0.4, 0.5) is 5.69 Å². The highest BCUT2D eigenvalue weighted by Crippen LogP contribution is 2.34. The van der Waals surface area contributed by atoms with Gasteiger partial charge in [-0.05, 0) is 92.4 Å². The smallest absolute Gasteiger partial charge is 0.341 e. The molecule has 9 heteroatoms. The summed E-state index contributed by atoms with van der Waals surface area (Å²) in [7, 11) is 0. The molecule has 6 aromatic carbocycles. The summed E-state index contributed by atoms with van der Waals surface area (Å²) in [6, 6.07) is 37.6. The number of imide groups is 1. The van der Waals surface area contributed by atoms with Crippen LogP contribution in [0.1, 0.15) is 108 Å². The number of rotatable bonds is 11. The molecule has 0 saturated carbocycles. The second kappa shape index (κ2) is 15.8. The Labute approximate surface area is 329 Å². The van der Waals surface area contributed by atoms with Gasteiger partial charge in [0.1, 0.15) is 0 Å². The quantitative estimate of drug-likeness (QED) is 0.0728. The number of Topliss-reactive ketones (excluding diaryl/α,β-unsaturated/α-hetero) is 2. The van der Waals surface area contributed by atoms with Gasteiger partial charge in [0, 0.05) is 22.3 Å². The first-order valence-electron chi connectivity index (χ1n) is 18.3. The Morgan fingerprint density at radius 3 is 1.44 bits per heavy atom. The molecule has 0 aromatic heterocycles. The number of ketones is 2. The Bertz CT molecular complexity index is 2600. The molecule has 1 heterocycles. The van der Waals surface area contributed by atoms with Crippen molar-refractivity contribution >= 4 is 41.0 Å². The maximum Gasteiger partial charge on any atom is 0.341 e. The number of amides is 2. The summed E-state index contributed by atoms with van der Waals surface area (Å²) in [5.74, 6) is -4.20. The van der Waals surface area contributed by atoms with E-state index in [0.29, 0.717) is 22.3 Å². The Kier molecular flexibility index (Phi) is 10.6. The molecule has 0 aliphatic carbocycles. The predicted octanol–water partition coefficient (Wildman–Crippen LogP) is 9.28. The van der Waals surface area contributed by atoms with Gasteiger partial charge in [0.25, 0.3) is 11.8 Å². The third-order valence-electron chi connectivity index (χ3n) is 10.2. The fraction of sp³-hybridized carbons (Fsp3) is 0.125.